The molecule has 0 aliphatic heterocycles. The minimum absolute atomic E-state index is 0. The fourth-order valence-electron chi connectivity index (χ4n) is 4.57. The van der Waals surface area contributed by atoms with Crippen molar-refractivity contribution in [3.8, 4) is 63.7 Å². The minimum atomic E-state index is -5.56. The Bertz CT molecular complexity index is 2270. The molecule has 5 aromatic carbocycles. The largest absolute Gasteiger partial charge is 1.00 e. The van der Waals surface area contributed by atoms with E-state index in [0.29, 0.717) is 23.3 Å². The molecular formula is C34H17F8KO7S. The van der Waals surface area contributed by atoms with Crippen molar-refractivity contribution in [3.63, 3.8) is 0 Å². The first-order chi connectivity index (χ1) is 23.5. The first-order valence-electron chi connectivity index (χ1n) is 13.6. The van der Waals surface area contributed by atoms with Gasteiger partial charge in [-0.15, -0.1) is 6.42 Å². The molecule has 0 heterocycles. The normalized spacial score (nSPS) is 11.0. The number of aryl methyl sites for hydroxylation is 1. The van der Waals surface area contributed by atoms with E-state index >= 15 is 26.3 Å². The molecule has 0 aliphatic rings. The van der Waals surface area contributed by atoms with Crippen molar-refractivity contribution in [1.29, 1.82) is 0 Å². The maximum atomic E-state index is 15.3. The Morgan fingerprint density at radius 3 is 1.55 bits per heavy atom. The van der Waals surface area contributed by atoms with Gasteiger partial charge in [0.15, 0.2) is 23.3 Å². The molecule has 0 unspecified atom stereocenters. The van der Waals surface area contributed by atoms with E-state index in [1.807, 2.05) is 0 Å². The van der Waals surface area contributed by atoms with Crippen LogP contribution in [0, 0.1) is 65.8 Å². The summed E-state index contributed by atoms with van der Waals surface area (Å²) in [7, 11) is -4.26. The van der Waals surface area contributed by atoms with E-state index < -0.39 is 89.9 Å². The van der Waals surface area contributed by atoms with Crippen molar-refractivity contribution >= 4 is 10.1 Å². The van der Waals surface area contributed by atoms with Crippen LogP contribution in [0.2, 0.25) is 0 Å². The maximum absolute atomic E-state index is 15.3. The molecule has 5 rings (SSSR count). The standard InChI is InChI=1S/C34H18F8O7S.K/c1-4-16-11-15(2)12-20(13-16)47-19-9-10-21(22(14-19)50(43,44)45)49-34-31(41)27(37)24(28(38)32(34)42)23-25(35)29(39)33(30(40)26(23)36)48-18-7-5-17(46-3)6-8-18;/h1,5-14H,2-3H3,(H,43,44,45);/q;+1/p-1. The average molecular weight is 761 g/mol. The number of hydrogen-bond acceptors (Lipinski definition) is 7. The van der Waals surface area contributed by atoms with E-state index in [2.05, 4.69) is 5.92 Å². The van der Waals surface area contributed by atoms with E-state index in [4.69, 9.17) is 25.4 Å². The molecule has 0 fully saturated rings. The van der Waals surface area contributed by atoms with Crippen molar-refractivity contribution in [2.45, 2.75) is 11.8 Å². The zero-order chi connectivity index (χ0) is 36.7. The predicted octanol–water partition coefficient (Wildman–Crippen LogP) is 6.05. The van der Waals surface area contributed by atoms with Gasteiger partial charge in [0, 0.05) is 11.6 Å². The van der Waals surface area contributed by atoms with Crippen LogP contribution >= 0.6 is 0 Å². The topological polar surface area (TPSA) is 94.1 Å². The third-order valence-electron chi connectivity index (χ3n) is 6.83. The number of rotatable bonds is 9. The summed E-state index contributed by atoms with van der Waals surface area (Å²) in [5.74, 6) is -22.8. The summed E-state index contributed by atoms with van der Waals surface area (Å²) in [6, 6.07) is 11.3. The second-order valence-corrected chi connectivity index (χ2v) is 11.5. The molecule has 0 spiro atoms. The van der Waals surface area contributed by atoms with Crippen molar-refractivity contribution in [3.05, 3.63) is 118 Å². The molecule has 0 amide bonds. The molecule has 51 heavy (non-hydrogen) atoms. The average Bonchev–Trinajstić information content (AvgIpc) is 3.08. The molecular weight excluding hydrogens is 744 g/mol. The van der Waals surface area contributed by atoms with Gasteiger partial charge in [-0.2, -0.15) is 17.6 Å². The SMILES string of the molecule is C#Cc1cc(C)cc(Oc2ccc(Oc3c(F)c(F)c(-c4c(F)c(F)c(Oc5ccc(OC)cc5)c(F)c4F)c(F)c3F)c(S(=O)(=O)[O-])c2)c1.[K+]. The second kappa shape index (κ2) is 15.6. The first kappa shape index (κ1) is 39.6. The van der Waals surface area contributed by atoms with Gasteiger partial charge in [0.1, 0.15) is 43.8 Å². The third-order valence-corrected chi connectivity index (χ3v) is 7.68. The van der Waals surface area contributed by atoms with Crippen LogP contribution in [0.5, 0.6) is 40.2 Å². The quantitative estimate of drug-likeness (QED) is 0.0594. The van der Waals surface area contributed by atoms with Gasteiger partial charge in [0.25, 0.3) is 0 Å². The van der Waals surface area contributed by atoms with Crippen molar-refractivity contribution in [2.75, 3.05) is 7.11 Å². The van der Waals surface area contributed by atoms with Gasteiger partial charge >= 0.3 is 51.4 Å². The Morgan fingerprint density at radius 2 is 1.08 bits per heavy atom. The van der Waals surface area contributed by atoms with Crippen LogP contribution in [-0.4, -0.2) is 20.1 Å². The van der Waals surface area contributed by atoms with E-state index in [1.54, 1.807) is 13.0 Å². The summed E-state index contributed by atoms with van der Waals surface area (Å²) < 4.78 is 177. The number of benzene rings is 5. The third kappa shape index (κ3) is 8.02. The summed E-state index contributed by atoms with van der Waals surface area (Å²) in [6.45, 7) is 1.66. The van der Waals surface area contributed by atoms with E-state index in [-0.39, 0.29) is 74.4 Å². The van der Waals surface area contributed by atoms with Crippen molar-refractivity contribution in [2.24, 2.45) is 0 Å². The molecule has 258 valence electrons. The van der Waals surface area contributed by atoms with E-state index in [9.17, 15) is 21.8 Å². The monoisotopic (exact) mass is 760 g/mol. The Morgan fingerprint density at radius 1 is 0.608 bits per heavy atom. The van der Waals surface area contributed by atoms with Crippen LogP contribution in [0.3, 0.4) is 0 Å². The number of methoxy groups -OCH3 is 1. The molecule has 17 heteroatoms. The fraction of sp³-hybridized carbons (Fsp3) is 0.0588. The molecule has 0 N–H and O–H groups in total. The molecule has 7 nitrogen and oxygen atoms in total. The van der Waals surface area contributed by atoms with Crippen LogP contribution in [0.15, 0.2) is 65.6 Å². The molecule has 0 aliphatic carbocycles. The van der Waals surface area contributed by atoms with E-state index in [0.717, 1.165) is 18.2 Å². The molecule has 0 saturated heterocycles. The number of hydrogen-bond donors (Lipinski definition) is 0. The molecule has 0 saturated carbocycles. The second-order valence-electron chi connectivity index (χ2n) is 10.1. The van der Waals surface area contributed by atoms with Gasteiger partial charge in [-0.3, -0.25) is 0 Å². The van der Waals surface area contributed by atoms with Crippen LogP contribution < -0.4 is 70.3 Å². The Hall–Kier alpha value is -4.15. The van der Waals surface area contributed by atoms with Crippen LogP contribution in [0.4, 0.5) is 35.1 Å². The number of terminal acetylenes is 1. The van der Waals surface area contributed by atoms with Crippen molar-refractivity contribution in [1.82, 2.24) is 0 Å². The van der Waals surface area contributed by atoms with Gasteiger partial charge in [-0.25, -0.2) is 26.0 Å². The maximum Gasteiger partial charge on any atom is 1.00 e. The smallest absolute Gasteiger partial charge is 0.744 e. The minimum Gasteiger partial charge on any atom is -0.744 e. The van der Waals surface area contributed by atoms with E-state index in [1.165, 1.54) is 31.4 Å². The summed E-state index contributed by atoms with van der Waals surface area (Å²) >= 11 is 0. The summed E-state index contributed by atoms with van der Waals surface area (Å²) in [5, 5.41) is 0. The Balaban J connectivity index is 0.00000583. The summed E-state index contributed by atoms with van der Waals surface area (Å²) in [4.78, 5) is -1.32. The van der Waals surface area contributed by atoms with Crippen LogP contribution in [0.25, 0.3) is 11.1 Å². The molecule has 0 aromatic heterocycles. The molecule has 5 aromatic rings. The zero-order valence-corrected chi connectivity index (χ0v) is 30.1. The number of halogens is 8. The molecule has 0 bridgehead atoms. The van der Waals surface area contributed by atoms with Gasteiger partial charge < -0.3 is 23.5 Å². The van der Waals surface area contributed by atoms with Crippen LogP contribution in [-0.2, 0) is 10.1 Å². The Labute approximate surface area is 326 Å². The van der Waals surface area contributed by atoms with Gasteiger partial charge in [0.05, 0.1) is 18.2 Å². The first-order valence-corrected chi connectivity index (χ1v) is 15.0. The fourth-order valence-corrected chi connectivity index (χ4v) is 5.19. The van der Waals surface area contributed by atoms with Gasteiger partial charge in [-0.05, 0) is 67.1 Å². The zero-order valence-electron chi connectivity index (χ0n) is 26.1. The molecule has 0 radical (unpaired) electrons. The predicted molar refractivity (Wildman–Crippen MR) is 158 cm³/mol. The van der Waals surface area contributed by atoms with Gasteiger partial charge in [0.2, 0.25) is 34.8 Å². The number of ether oxygens (including phenoxy) is 4. The van der Waals surface area contributed by atoms with Crippen molar-refractivity contribution < 1.29 is 118 Å². The molecule has 0 atom stereocenters. The van der Waals surface area contributed by atoms with Gasteiger partial charge in [-0.1, -0.05) is 5.92 Å². The Kier molecular flexibility index (Phi) is 12.1. The van der Waals surface area contributed by atoms with Crippen LogP contribution in [0.1, 0.15) is 11.1 Å². The summed E-state index contributed by atoms with van der Waals surface area (Å²) in [5.41, 5.74) is -3.43. The summed E-state index contributed by atoms with van der Waals surface area (Å²) in [6.07, 6.45) is 5.37.